The lowest BCUT2D eigenvalue weighted by Crippen LogP contribution is -2.26. The number of hydrogen-bond donors (Lipinski definition) is 1. The standard InChI is InChI=1S/C13H18N2O2S/c1-9-6-12(13(15(16)17)7-10(9)2)14-11-4-3-5-18-8-11/h6-7,11,14H,3-5,8H2,1-2H3. The molecule has 1 unspecified atom stereocenters. The number of nitro groups is 1. The Morgan fingerprint density at radius 3 is 2.72 bits per heavy atom. The number of nitrogens with one attached hydrogen (secondary N) is 1. The molecule has 1 heterocycles. The topological polar surface area (TPSA) is 55.2 Å². The van der Waals surface area contributed by atoms with Gasteiger partial charge < -0.3 is 5.32 Å². The van der Waals surface area contributed by atoms with Crippen molar-refractivity contribution in [3.05, 3.63) is 33.4 Å². The van der Waals surface area contributed by atoms with E-state index in [-0.39, 0.29) is 10.6 Å². The number of aryl methyl sites for hydroxylation is 2. The molecular formula is C13H18N2O2S. The quantitative estimate of drug-likeness (QED) is 0.672. The van der Waals surface area contributed by atoms with Gasteiger partial charge in [0.05, 0.1) is 4.92 Å². The molecule has 1 N–H and O–H groups in total. The van der Waals surface area contributed by atoms with Crippen LogP contribution in [0.5, 0.6) is 0 Å². The minimum Gasteiger partial charge on any atom is -0.376 e. The molecule has 1 aliphatic rings. The largest absolute Gasteiger partial charge is 0.376 e. The summed E-state index contributed by atoms with van der Waals surface area (Å²) in [5.74, 6) is 2.23. The summed E-state index contributed by atoms with van der Waals surface area (Å²) in [6.45, 7) is 3.89. The first kappa shape index (κ1) is 13.2. The monoisotopic (exact) mass is 266 g/mol. The second-order valence-corrected chi connectivity index (χ2v) is 5.92. The van der Waals surface area contributed by atoms with Gasteiger partial charge in [-0.3, -0.25) is 10.1 Å². The number of benzene rings is 1. The molecule has 1 atom stereocenters. The summed E-state index contributed by atoms with van der Waals surface area (Å²) in [6, 6.07) is 3.91. The van der Waals surface area contributed by atoms with Crippen molar-refractivity contribution < 1.29 is 4.92 Å². The highest BCUT2D eigenvalue weighted by molar-refractivity contribution is 7.99. The molecule has 1 saturated heterocycles. The Hall–Kier alpha value is -1.23. The van der Waals surface area contributed by atoms with E-state index in [1.165, 1.54) is 12.2 Å². The third-order valence-corrected chi connectivity index (χ3v) is 4.54. The van der Waals surface area contributed by atoms with Crippen molar-refractivity contribution in [3.8, 4) is 0 Å². The van der Waals surface area contributed by atoms with Crippen molar-refractivity contribution in [2.75, 3.05) is 16.8 Å². The Balaban J connectivity index is 2.24. The van der Waals surface area contributed by atoms with Crippen LogP contribution in [0.3, 0.4) is 0 Å². The van der Waals surface area contributed by atoms with E-state index in [2.05, 4.69) is 5.32 Å². The normalized spacial score (nSPS) is 19.6. The summed E-state index contributed by atoms with van der Waals surface area (Å²) >= 11 is 1.91. The van der Waals surface area contributed by atoms with Gasteiger partial charge in [0.25, 0.3) is 5.69 Å². The van der Waals surface area contributed by atoms with Crippen molar-refractivity contribution in [3.63, 3.8) is 0 Å². The fourth-order valence-corrected chi connectivity index (χ4v) is 3.21. The molecule has 1 aromatic carbocycles. The van der Waals surface area contributed by atoms with Crippen LogP contribution in [0.2, 0.25) is 0 Å². The van der Waals surface area contributed by atoms with Crippen LogP contribution in [0.15, 0.2) is 12.1 Å². The van der Waals surface area contributed by atoms with Gasteiger partial charge in [-0.2, -0.15) is 11.8 Å². The van der Waals surface area contributed by atoms with Crippen LogP contribution in [0.25, 0.3) is 0 Å². The van der Waals surface area contributed by atoms with E-state index >= 15 is 0 Å². The Kier molecular flexibility index (Phi) is 4.11. The summed E-state index contributed by atoms with van der Waals surface area (Å²) in [4.78, 5) is 10.8. The predicted molar refractivity (Wildman–Crippen MR) is 76.5 cm³/mol. The first-order valence-corrected chi connectivity index (χ1v) is 7.33. The van der Waals surface area contributed by atoms with Crippen LogP contribution in [0.4, 0.5) is 11.4 Å². The molecule has 0 amide bonds. The number of nitrogens with zero attached hydrogens (tertiary/aromatic N) is 1. The van der Waals surface area contributed by atoms with Gasteiger partial charge in [0.15, 0.2) is 0 Å². The summed E-state index contributed by atoms with van der Waals surface area (Å²) in [5.41, 5.74) is 2.90. The molecule has 18 heavy (non-hydrogen) atoms. The fraction of sp³-hybridized carbons (Fsp3) is 0.538. The number of rotatable bonds is 3. The van der Waals surface area contributed by atoms with E-state index in [0.29, 0.717) is 11.7 Å². The van der Waals surface area contributed by atoms with E-state index in [1.807, 2.05) is 31.7 Å². The lowest BCUT2D eigenvalue weighted by molar-refractivity contribution is -0.384. The van der Waals surface area contributed by atoms with Crippen LogP contribution >= 0.6 is 11.8 Å². The molecule has 2 rings (SSSR count). The zero-order chi connectivity index (χ0) is 13.1. The molecule has 0 aromatic heterocycles. The lowest BCUT2D eigenvalue weighted by atomic mass is 10.1. The second kappa shape index (κ2) is 5.61. The van der Waals surface area contributed by atoms with Gasteiger partial charge in [-0.25, -0.2) is 0 Å². The zero-order valence-corrected chi connectivity index (χ0v) is 11.5. The van der Waals surface area contributed by atoms with Gasteiger partial charge >= 0.3 is 0 Å². The van der Waals surface area contributed by atoms with Crippen molar-refractivity contribution >= 4 is 23.1 Å². The number of hydrogen-bond acceptors (Lipinski definition) is 4. The Bertz CT molecular complexity index is 457. The third kappa shape index (κ3) is 2.96. The fourth-order valence-electron chi connectivity index (χ4n) is 2.14. The minimum atomic E-state index is -0.301. The molecule has 1 fully saturated rings. The molecule has 0 bridgehead atoms. The minimum absolute atomic E-state index is 0.189. The maximum atomic E-state index is 11.1. The maximum absolute atomic E-state index is 11.1. The summed E-state index contributed by atoms with van der Waals surface area (Å²) in [6.07, 6.45) is 2.28. The molecule has 98 valence electrons. The molecule has 4 nitrogen and oxygen atoms in total. The Labute approximate surface area is 111 Å². The molecule has 1 aromatic rings. The third-order valence-electron chi connectivity index (χ3n) is 3.33. The highest BCUT2D eigenvalue weighted by atomic mass is 32.2. The van der Waals surface area contributed by atoms with Crippen LogP contribution in [0.1, 0.15) is 24.0 Å². The molecule has 0 saturated carbocycles. The zero-order valence-electron chi connectivity index (χ0n) is 10.7. The molecule has 0 spiro atoms. The lowest BCUT2D eigenvalue weighted by Gasteiger charge is -2.23. The first-order chi connectivity index (χ1) is 8.58. The van der Waals surface area contributed by atoms with Gasteiger partial charge in [0.2, 0.25) is 0 Å². The Morgan fingerprint density at radius 1 is 1.39 bits per heavy atom. The van der Waals surface area contributed by atoms with Crippen molar-refractivity contribution in [1.82, 2.24) is 0 Å². The van der Waals surface area contributed by atoms with E-state index in [4.69, 9.17) is 0 Å². The summed E-state index contributed by atoms with van der Waals surface area (Å²) in [7, 11) is 0. The van der Waals surface area contributed by atoms with Gasteiger partial charge in [0.1, 0.15) is 5.69 Å². The number of nitro benzene ring substituents is 1. The van der Waals surface area contributed by atoms with Crippen molar-refractivity contribution in [2.45, 2.75) is 32.7 Å². The van der Waals surface area contributed by atoms with Crippen molar-refractivity contribution in [2.24, 2.45) is 0 Å². The van der Waals surface area contributed by atoms with Crippen LogP contribution in [-0.4, -0.2) is 22.5 Å². The maximum Gasteiger partial charge on any atom is 0.292 e. The van der Waals surface area contributed by atoms with Crippen molar-refractivity contribution in [1.29, 1.82) is 0 Å². The highest BCUT2D eigenvalue weighted by Crippen LogP contribution is 2.30. The first-order valence-electron chi connectivity index (χ1n) is 6.18. The highest BCUT2D eigenvalue weighted by Gasteiger charge is 2.20. The second-order valence-electron chi connectivity index (χ2n) is 4.77. The average Bonchev–Trinajstić information content (AvgIpc) is 2.34. The van der Waals surface area contributed by atoms with Gasteiger partial charge in [-0.1, -0.05) is 0 Å². The van der Waals surface area contributed by atoms with E-state index in [1.54, 1.807) is 6.07 Å². The van der Waals surface area contributed by atoms with Crippen LogP contribution in [-0.2, 0) is 0 Å². The van der Waals surface area contributed by atoms with E-state index in [0.717, 1.165) is 23.3 Å². The van der Waals surface area contributed by atoms with Gasteiger partial charge in [-0.05, 0) is 49.6 Å². The Morgan fingerprint density at radius 2 is 2.11 bits per heavy atom. The van der Waals surface area contributed by atoms with Gasteiger partial charge in [-0.15, -0.1) is 0 Å². The van der Waals surface area contributed by atoms with E-state index < -0.39 is 0 Å². The average molecular weight is 266 g/mol. The van der Waals surface area contributed by atoms with Crippen LogP contribution in [0, 0.1) is 24.0 Å². The number of anilines is 1. The number of thioether (sulfide) groups is 1. The SMILES string of the molecule is Cc1cc(NC2CCCSC2)c([N+](=O)[O-])cc1C. The van der Waals surface area contributed by atoms with E-state index in [9.17, 15) is 10.1 Å². The molecule has 0 aliphatic carbocycles. The molecule has 0 radical (unpaired) electrons. The summed E-state index contributed by atoms with van der Waals surface area (Å²) < 4.78 is 0. The smallest absolute Gasteiger partial charge is 0.292 e. The predicted octanol–water partition coefficient (Wildman–Crippen LogP) is 3.52. The summed E-state index contributed by atoms with van der Waals surface area (Å²) in [5, 5.41) is 14.4. The molecular weight excluding hydrogens is 248 g/mol. The molecule has 1 aliphatic heterocycles. The van der Waals surface area contributed by atoms with Gasteiger partial charge in [0, 0.05) is 17.9 Å². The molecule has 5 heteroatoms. The van der Waals surface area contributed by atoms with Crippen LogP contribution < -0.4 is 5.32 Å².